The number of imidazole rings is 2. The van der Waals surface area contributed by atoms with Crippen molar-refractivity contribution in [2.75, 3.05) is 19.8 Å². The largest absolute Gasteiger partial charge is 0.434 e. The predicted octanol–water partition coefficient (Wildman–Crippen LogP) is 1.72. The van der Waals surface area contributed by atoms with Crippen LogP contribution < -0.4 is 10.8 Å². The van der Waals surface area contributed by atoms with Gasteiger partial charge in [0.2, 0.25) is 0 Å². The molecule has 0 saturated carbocycles. The third-order valence-corrected chi connectivity index (χ3v) is 6.08. The second kappa shape index (κ2) is 14.4. The standard InChI is InChI=1S/C22H36N10O8/c1-6-39-15-18(27-34)21(2,3)25-13-16(14-30-12-9-24-20(30)32(37)38)40-28-22(4,5)17(26-33)7-10-29-11-8-23-19(29)31(35)36/h8-9,11-12,16,25,28,33-34H,6-7,10,13-15H2,1-5H3. The lowest BCUT2D eigenvalue weighted by Gasteiger charge is -2.32. The summed E-state index contributed by atoms with van der Waals surface area (Å²) in [6.45, 7) is 9.48. The number of nitrogens with zero attached hydrogens (tertiary/aromatic N) is 8. The zero-order valence-corrected chi connectivity index (χ0v) is 23.1. The Kier molecular flexibility index (Phi) is 11.6. The Labute approximate surface area is 229 Å². The molecule has 0 aromatic carbocycles. The van der Waals surface area contributed by atoms with Crippen molar-refractivity contribution >= 4 is 23.3 Å². The minimum atomic E-state index is -1.06. The van der Waals surface area contributed by atoms with Crippen LogP contribution in [0.1, 0.15) is 41.0 Å². The van der Waals surface area contributed by atoms with E-state index in [-0.39, 0.29) is 50.3 Å². The van der Waals surface area contributed by atoms with E-state index < -0.39 is 27.0 Å². The zero-order valence-electron chi connectivity index (χ0n) is 23.1. The maximum atomic E-state index is 11.4. The molecule has 0 saturated heterocycles. The van der Waals surface area contributed by atoms with Crippen LogP contribution in [0, 0.1) is 20.2 Å². The van der Waals surface area contributed by atoms with Crippen molar-refractivity contribution in [2.45, 2.75) is 71.3 Å². The van der Waals surface area contributed by atoms with Crippen molar-refractivity contribution in [3.63, 3.8) is 0 Å². The fourth-order valence-corrected chi connectivity index (χ4v) is 3.63. The lowest BCUT2D eigenvalue weighted by atomic mass is 9.97. The van der Waals surface area contributed by atoms with Gasteiger partial charge in [0.15, 0.2) is 0 Å². The van der Waals surface area contributed by atoms with Crippen molar-refractivity contribution in [3.8, 4) is 0 Å². The Balaban J connectivity index is 2.17. The van der Waals surface area contributed by atoms with Crippen molar-refractivity contribution in [1.82, 2.24) is 29.9 Å². The number of nitrogens with one attached hydrogen (secondary N) is 2. The molecule has 2 heterocycles. The molecule has 1 unspecified atom stereocenters. The Morgan fingerprint density at radius 1 is 1.02 bits per heavy atom. The lowest BCUT2D eigenvalue weighted by molar-refractivity contribution is -0.397. The van der Waals surface area contributed by atoms with E-state index in [1.54, 1.807) is 27.7 Å². The number of aryl methyl sites for hydroxylation is 1. The molecule has 0 radical (unpaired) electrons. The molecule has 0 fully saturated rings. The van der Waals surface area contributed by atoms with Crippen LogP contribution in [0.5, 0.6) is 0 Å². The first-order valence-corrected chi connectivity index (χ1v) is 12.4. The monoisotopic (exact) mass is 568 g/mol. The molecule has 2 aromatic heterocycles. The topological polar surface area (TPSA) is 230 Å². The maximum Gasteiger partial charge on any atom is 0.434 e. The van der Waals surface area contributed by atoms with Gasteiger partial charge >= 0.3 is 11.9 Å². The van der Waals surface area contributed by atoms with Crippen LogP contribution in [-0.2, 0) is 22.7 Å². The van der Waals surface area contributed by atoms with E-state index >= 15 is 0 Å². The molecule has 0 aliphatic carbocycles. The highest BCUT2D eigenvalue weighted by Gasteiger charge is 2.31. The smallest absolute Gasteiger partial charge is 0.411 e. The number of oxime groups is 2. The van der Waals surface area contributed by atoms with Crippen molar-refractivity contribution in [3.05, 3.63) is 45.0 Å². The second-order valence-corrected chi connectivity index (χ2v) is 9.77. The summed E-state index contributed by atoms with van der Waals surface area (Å²) in [5, 5.41) is 51.6. The highest BCUT2D eigenvalue weighted by molar-refractivity contribution is 5.93. The molecular weight excluding hydrogens is 532 g/mol. The summed E-state index contributed by atoms with van der Waals surface area (Å²) in [6, 6.07) is 0. The third-order valence-electron chi connectivity index (χ3n) is 6.08. The fraction of sp³-hybridized carbons (Fsp3) is 0.636. The number of nitro groups is 2. The SMILES string of the molecule is CCOCC(=NO)C(C)(C)NCC(Cn1ccnc1[N+](=O)[O-])ONC(C)(C)C(CCn1ccnc1[N+](=O)[O-])=NO. The summed E-state index contributed by atoms with van der Waals surface area (Å²) >= 11 is 0. The summed E-state index contributed by atoms with van der Waals surface area (Å²) in [7, 11) is 0. The van der Waals surface area contributed by atoms with Gasteiger partial charge in [0.25, 0.3) is 0 Å². The molecule has 4 N–H and O–H groups in total. The number of hydroxylamine groups is 1. The van der Waals surface area contributed by atoms with Gasteiger partial charge in [-0.25, -0.2) is 9.13 Å². The molecule has 0 spiro atoms. The van der Waals surface area contributed by atoms with Gasteiger partial charge in [-0.05, 0) is 44.5 Å². The first-order chi connectivity index (χ1) is 18.9. The molecular formula is C22H36N10O8. The van der Waals surface area contributed by atoms with Gasteiger partial charge in [-0.3, -0.25) is 4.84 Å². The van der Waals surface area contributed by atoms with E-state index in [4.69, 9.17) is 9.57 Å². The van der Waals surface area contributed by atoms with Crippen molar-refractivity contribution in [1.29, 1.82) is 0 Å². The summed E-state index contributed by atoms with van der Waals surface area (Å²) in [5.41, 5.74) is 1.51. The molecule has 2 aromatic rings. The van der Waals surface area contributed by atoms with Crippen molar-refractivity contribution < 1.29 is 29.8 Å². The average molecular weight is 569 g/mol. The van der Waals surface area contributed by atoms with Crippen LogP contribution in [0.3, 0.4) is 0 Å². The molecule has 0 bridgehead atoms. The van der Waals surface area contributed by atoms with Gasteiger partial charge in [-0.15, -0.1) is 0 Å². The maximum absolute atomic E-state index is 11.4. The third kappa shape index (κ3) is 8.76. The summed E-state index contributed by atoms with van der Waals surface area (Å²) in [4.78, 5) is 34.7. The van der Waals surface area contributed by atoms with Crippen LogP contribution in [0.15, 0.2) is 35.1 Å². The van der Waals surface area contributed by atoms with Crippen LogP contribution in [0.2, 0.25) is 0 Å². The summed E-state index contributed by atoms with van der Waals surface area (Å²) in [6.07, 6.45) is 4.87. The molecule has 222 valence electrons. The van der Waals surface area contributed by atoms with Crippen LogP contribution in [0.4, 0.5) is 11.9 Å². The molecule has 40 heavy (non-hydrogen) atoms. The van der Waals surface area contributed by atoms with E-state index in [0.29, 0.717) is 12.3 Å². The highest BCUT2D eigenvalue weighted by atomic mass is 16.7. The van der Waals surface area contributed by atoms with E-state index in [1.807, 2.05) is 6.92 Å². The minimum absolute atomic E-state index is 0.00632. The predicted molar refractivity (Wildman–Crippen MR) is 141 cm³/mol. The highest BCUT2D eigenvalue weighted by Crippen LogP contribution is 2.16. The van der Waals surface area contributed by atoms with E-state index in [1.165, 1.54) is 33.9 Å². The number of rotatable bonds is 18. The molecule has 0 amide bonds. The van der Waals surface area contributed by atoms with E-state index in [0.717, 1.165) is 0 Å². The Morgan fingerprint density at radius 2 is 1.60 bits per heavy atom. The number of hydrogen-bond donors (Lipinski definition) is 4. The first kappa shape index (κ1) is 32.2. The Hall–Kier alpha value is -4.00. The molecule has 1 atom stereocenters. The average Bonchev–Trinajstić information content (AvgIpc) is 3.56. The lowest BCUT2D eigenvalue weighted by Crippen LogP contribution is -2.54. The van der Waals surface area contributed by atoms with Gasteiger partial charge in [0, 0.05) is 19.6 Å². The van der Waals surface area contributed by atoms with Gasteiger partial charge < -0.3 is 40.7 Å². The van der Waals surface area contributed by atoms with E-state index in [2.05, 4.69) is 31.1 Å². The molecule has 0 aliphatic rings. The van der Waals surface area contributed by atoms with Gasteiger partial charge in [0.05, 0.1) is 29.9 Å². The quantitative estimate of drug-likeness (QED) is 0.0871. The van der Waals surface area contributed by atoms with Crippen LogP contribution in [-0.4, -0.2) is 87.7 Å². The molecule has 18 heteroatoms. The number of aromatic nitrogens is 4. The second-order valence-electron chi connectivity index (χ2n) is 9.77. The van der Waals surface area contributed by atoms with Crippen LogP contribution >= 0.6 is 0 Å². The van der Waals surface area contributed by atoms with Crippen LogP contribution in [0.25, 0.3) is 0 Å². The van der Waals surface area contributed by atoms with Gasteiger partial charge in [-0.2, -0.15) is 5.48 Å². The number of hydrogen-bond acceptors (Lipinski definition) is 14. The van der Waals surface area contributed by atoms with Gasteiger partial charge in [-0.1, -0.05) is 20.3 Å². The Bertz CT molecular complexity index is 1190. The number of ether oxygens (including phenoxy) is 1. The minimum Gasteiger partial charge on any atom is -0.411 e. The molecule has 0 aliphatic heterocycles. The fourth-order valence-electron chi connectivity index (χ4n) is 3.63. The summed E-state index contributed by atoms with van der Waals surface area (Å²) < 4.78 is 8.00. The zero-order chi connectivity index (χ0) is 29.9. The first-order valence-electron chi connectivity index (χ1n) is 12.4. The van der Waals surface area contributed by atoms with E-state index in [9.17, 15) is 30.6 Å². The molecule has 2 rings (SSSR count). The normalized spacial score (nSPS) is 13.9. The van der Waals surface area contributed by atoms with Gasteiger partial charge in [0.1, 0.15) is 43.1 Å². The van der Waals surface area contributed by atoms with Crippen molar-refractivity contribution in [2.24, 2.45) is 10.3 Å². The molecule has 18 nitrogen and oxygen atoms in total. The summed E-state index contributed by atoms with van der Waals surface area (Å²) in [5.74, 6) is -0.717. The Morgan fingerprint density at radius 3 is 2.15 bits per heavy atom.